The van der Waals surface area contributed by atoms with Gasteiger partial charge in [-0.15, -0.1) is 0 Å². The van der Waals surface area contributed by atoms with Crippen molar-refractivity contribution in [2.75, 3.05) is 31.2 Å². The predicted molar refractivity (Wildman–Crippen MR) is 85.2 cm³/mol. The van der Waals surface area contributed by atoms with Crippen molar-refractivity contribution < 1.29 is 9.59 Å². The fraction of sp³-hybridized carbons (Fsp3) is 0.467. The molecule has 0 saturated carbocycles. The first-order chi connectivity index (χ1) is 9.93. The van der Waals surface area contributed by atoms with Gasteiger partial charge in [0.15, 0.2) is 0 Å². The van der Waals surface area contributed by atoms with Crippen molar-refractivity contribution in [3.05, 3.63) is 23.8 Å². The lowest BCUT2D eigenvalue weighted by Crippen LogP contribution is -2.29. The normalized spacial score (nSPS) is 10.3. The van der Waals surface area contributed by atoms with E-state index in [1.54, 1.807) is 25.2 Å². The highest BCUT2D eigenvalue weighted by atomic mass is 16.2. The maximum Gasteiger partial charge on any atom is 0.253 e. The molecule has 0 unspecified atom stereocenters. The van der Waals surface area contributed by atoms with Gasteiger partial charge in [0.2, 0.25) is 5.91 Å². The van der Waals surface area contributed by atoms with Crippen LogP contribution in [0.25, 0.3) is 0 Å². The Morgan fingerprint density at radius 2 is 2.00 bits per heavy atom. The van der Waals surface area contributed by atoms with E-state index in [2.05, 4.69) is 16.0 Å². The summed E-state index contributed by atoms with van der Waals surface area (Å²) in [4.78, 5) is 23.4. The predicted octanol–water partition coefficient (Wildman–Crippen LogP) is 1.20. The van der Waals surface area contributed by atoms with Crippen LogP contribution >= 0.6 is 0 Å². The number of nitrogens with two attached hydrogens (primary N) is 1. The number of hydrogen-bond donors (Lipinski definition) is 4. The van der Waals surface area contributed by atoms with E-state index >= 15 is 0 Å². The third kappa shape index (κ3) is 5.72. The molecular weight excluding hydrogens is 268 g/mol. The average molecular weight is 292 g/mol. The molecule has 116 valence electrons. The molecule has 0 spiro atoms. The SMILES string of the molecule is CNC(=O)c1ccc(N)cc1NCCC(=O)NCC(C)C. The molecule has 0 aromatic heterocycles. The Bertz CT molecular complexity index is 500. The lowest BCUT2D eigenvalue weighted by Gasteiger charge is -2.12. The topological polar surface area (TPSA) is 96.2 Å². The Morgan fingerprint density at radius 3 is 2.62 bits per heavy atom. The molecule has 2 amide bonds. The van der Waals surface area contributed by atoms with Gasteiger partial charge in [-0.3, -0.25) is 9.59 Å². The minimum Gasteiger partial charge on any atom is -0.399 e. The van der Waals surface area contributed by atoms with Crippen LogP contribution in [-0.2, 0) is 4.79 Å². The van der Waals surface area contributed by atoms with E-state index in [0.717, 1.165) is 0 Å². The first kappa shape index (κ1) is 16.8. The molecule has 0 saturated heterocycles. The molecule has 6 nitrogen and oxygen atoms in total. The number of hydrogen-bond acceptors (Lipinski definition) is 4. The van der Waals surface area contributed by atoms with E-state index in [1.165, 1.54) is 0 Å². The number of anilines is 2. The maximum atomic E-state index is 11.7. The van der Waals surface area contributed by atoms with Crippen molar-refractivity contribution in [1.29, 1.82) is 0 Å². The summed E-state index contributed by atoms with van der Waals surface area (Å²) in [5.74, 6) is 0.221. The fourth-order valence-corrected chi connectivity index (χ4v) is 1.76. The van der Waals surface area contributed by atoms with Crippen LogP contribution in [0.15, 0.2) is 18.2 Å². The van der Waals surface area contributed by atoms with Gasteiger partial charge in [0.25, 0.3) is 5.91 Å². The van der Waals surface area contributed by atoms with Crippen LogP contribution in [0.5, 0.6) is 0 Å². The van der Waals surface area contributed by atoms with E-state index in [9.17, 15) is 9.59 Å². The minimum absolute atomic E-state index is 0.0124. The zero-order chi connectivity index (χ0) is 15.8. The summed E-state index contributed by atoms with van der Waals surface area (Å²) in [5.41, 5.74) is 7.43. The van der Waals surface area contributed by atoms with Gasteiger partial charge in [0, 0.05) is 37.9 Å². The largest absolute Gasteiger partial charge is 0.399 e. The van der Waals surface area contributed by atoms with Gasteiger partial charge in [-0.2, -0.15) is 0 Å². The molecule has 0 heterocycles. The van der Waals surface area contributed by atoms with E-state index in [-0.39, 0.29) is 11.8 Å². The summed E-state index contributed by atoms with van der Waals surface area (Å²) in [6.07, 6.45) is 0.342. The van der Waals surface area contributed by atoms with Gasteiger partial charge in [-0.1, -0.05) is 13.8 Å². The highest BCUT2D eigenvalue weighted by molar-refractivity contribution is 6.00. The monoisotopic (exact) mass is 292 g/mol. The number of benzene rings is 1. The molecule has 1 aromatic carbocycles. The summed E-state index contributed by atoms with van der Waals surface area (Å²) in [6, 6.07) is 5.02. The van der Waals surface area contributed by atoms with Crippen molar-refractivity contribution in [2.45, 2.75) is 20.3 Å². The quantitative estimate of drug-likeness (QED) is 0.568. The van der Waals surface area contributed by atoms with Crippen LogP contribution in [-0.4, -0.2) is 32.0 Å². The van der Waals surface area contributed by atoms with Crippen LogP contribution in [0.4, 0.5) is 11.4 Å². The summed E-state index contributed by atoms with van der Waals surface area (Å²) in [6.45, 7) is 5.19. The zero-order valence-corrected chi connectivity index (χ0v) is 12.8. The minimum atomic E-state index is -0.193. The van der Waals surface area contributed by atoms with Gasteiger partial charge >= 0.3 is 0 Å². The number of nitrogens with one attached hydrogen (secondary N) is 3. The van der Waals surface area contributed by atoms with Crippen LogP contribution in [0.3, 0.4) is 0 Å². The molecule has 0 aliphatic heterocycles. The molecule has 0 aliphatic carbocycles. The lowest BCUT2D eigenvalue weighted by atomic mass is 10.1. The second-order valence-corrected chi connectivity index (χ2v) is 5.26. The molecule has 6 heteroatoms. The third-order valence-corrected chi connectivity index (χ3v) is 2.89. The van der Waals surface area contributed by atoms with Gasteiger partial charge in [0.1, 0.15) is 0 Å². The second-order valence-electron chi connectivity index (χ2n) is 5.26. The van der Waals surface area contributed by atoms with Gasteiger partial charge in [-0.25, -0.2) is 0 Å². The Hall–Kier alpha value is -2.24. The Morgan fingerprint density at radius 1 is 1.29 bits per heavy atom. The van der Waals surface area contributed by atoms with E-state index < -0.39 is 0 Å². The number of nitrogen functional groups attached to an aromatic ring is 1. The molecule has 1 rings (SSSR count). The smallest absolute Gasteiger partial charge is 0.253 e. The van der Waals surface area contributed by atoms with Crippen LogP contribution in [0.2, 0.25) is 0 Å². The van der Waals surface area contributed by atoms with E-state index in [4.69, 9.17) is 5.73 Å². The zero-order valence-electron chi connectivity index (χ0n) is 12.8. The molecule has 0 bridgehead atoms. The first-order valence-corrected chi connectivity index (χ1v) is 7.06. The van der Waals surface area contributed by atoms with Crippen molar-refractivity contribution in [2.24, 2.45) is 5.92 Å². The van der Waals surface area contributed by atoms with Crippen molar-refractivity contribution in [3.63, 3.8) is 0 Å². The number of carbonyl (C=O) groups is 2. The fourth-order valence-electron chi connectivity index (χ4n) is 1.76. The van der Waals surface area contributed by atoms with Gasteiger partial charge in [-0.05, 0) is 24.1 Å². The summed E-state index contributed by atoms with van der Waals surface area (Å²) in [7, 11) is 1.57. The molecular formula is C15H24N4O2. The molecule has 1 aromatic rings. The highest BCUT2D eigenvalue weighted by Crippen LogP contribution is 2.19. The van der Waals surface area contributed by atoms with Crippen LogP contribution < -0.4 is 21.7 Å². The van der Waals surface area contributed by atoms with E-state index in [0.29, 0.717) is 42.4 Å². The van der Waals surface area contributed by atoms with Crippen molar-refractivity contribution >= 4 is 23.2 Å². The summed E-state index contributed by atoms with van der Waals surface area (Å²) in [5, 5.41) is 8.51. The Balaban J connectivity index is 2.56. The second kappa shape index (κ2) is 8.14. The summed E-state index contributed by atoms with van der Waals surface area (Å²) >= 11 is 0. The van der Waals surface area contributed by atoms with Crippen LogP contribution in [0.1, 0.15) is 30.6 Å². The third-order valence-electron chi connectivity index (χ3n) is 2.89. The van der Waals surface area contributed by atoms with E-state index in [1.807, 2.05) is 13.8 Å². The molecule has 0 atom stereocenters. The average Bonchev–Trinajstić information content (AvgIpc) is 2.44. The van der Waals surface area contributed by atoms with Gasteiger partial charge < -0.3 is 21.7 Å². The van der Waals surface area contributed by atoms with Crippen molar-refractivity contribution in [3.8, 4) is 0 Å². The standard InChI is InChI=1S/C15H24N4O2/c1-10(2)9-19-14(20)6-7-18-13-8-11(16)4-5-12(13)15(21)17-3/h4-5,8,10,18H,6-7,9,16H2,1-3H3,(H,17,21)(H,19,20). The lowest BCUT2D eigenvalue weighted by molar-refractivity contribution is -0.120. The number of carbonyl (C=O) groups excluding carboxylic acids is 2. The molecule has 5 N–H and O–H groups in total. The molecule has 21 heavy (non-hydrogen) atoms. The van der Waals surface area contributed by atoms with Crippen LogP contribution in [0, 0.1) is 5.92 Å². The Kier molecular flexibility index (Phi) is 6.52. The first-order valence-electron chi connectivity index (χ1n) is 7.06. The highest BCUT2D eigenvalue weighted by Gasteiger charge is 2.10. The molecule has 0 fully saturated rings. The Labute approximate surface area is 125 Å². The molecule has 0 radical (unpaired) electrons. The number of rotatable bonds is 7. The molecule has 0 aliphatic rings. The van der Waals surface area contributed by atoms with Crippen molar-refractivity contribution in [1.82, 2.24) is 10.6 Å². The van der Waals surface area contributed by atoms with Gasteiger partial charge in [0.05, 0.1) is 5.56 Å². The summed E-state index contributed by atoms with van der Waals surface area (Å²) < 4.78 is 0. The maximum absolute atomic E-state index is 11.7. The number of amides is 2.